The van der Waals surface area contributed by atoms with Gasteiger partial charge in [-0.15, -0.1) is 0 Å². The van der Waals surface area contributed by atoms with Crippen LogP contribution in [0.15, 0.2) is 65.1 Å². The van der Waals surface area contributed by atoms with Gasteiger partial charge in [0, 0.05) is 59.9 Å². The van der Waals surface area contributed by atoms with E-state index in [-0.39, 0.29) is 30.5 Å². The summed E-state index contributed by atoms with van der Waals surface area (Å²) in [6.45, 7) is 8.54. The van der Waals surface area contributed by atoms with Crippen LogP contribution >= 0.6 is 0 Å². The molecule has 0 atom stereocenters. The van der Waals surface area contributed by atoms with Crippen LogP contribution in [-0.4, -0.2) is 56.3 Å². The number of carbonyl (C=O) groups is 2. The normalized spacial score (nSPS) is 14.1. The van der Waals surface area contributed by atoms with E-state index in [0.717, 1.165) is 29.9 Å². The van der Waals surface area contributed by atoms with Crippen LogP contribution in [0.3, 0.4) is 0 Å². The minimum absolute atomic E-state index is 0.0516. The van der Waals surface area contributed by atoms with Crippen molar-refractivity contribution in [3.8, 4) is 22.5 Å². The maximum atomic E-state index is 13.7. The molecule has 2 heterocycles. The maximum Gasteiger partial charge on any atom is 0.251 e. The molecular formula is C33H35FN2O5. The third-order valence-electron chi connectivity index (χ3n) is 7.83. The number of anilines is 1. The molecule has 4 aromatic rings. The van der Waals surface area contributed by atoms with Crippen LogP contribution in [-0.2, 0) is 4.74 Å². The van der Waals surface area contributed by atoms with Crippen molar-refractivity contribution in [2.45, 2.75) is 27.2 Å². The molecule has 1 aromatic heterocycles. The second-order valence-electron chi connectivity index (χ2n) is 10.5. The first kappa shape index (κ1) is 28.5. The average molecular weight is 559 g/mol. The summed E-state index contributed by atoms with van der Waals surface area (Å²) in [5, 5.41) is 13.3. The van der Waals surface area contributed by atoms with Gasteiger partial charge in [0.25, 0.3) is 5.91 Å². The first-order chi connectivity index (χ1) is 19.8. The Kier molecular flexibility index (Phi) is 8.24. The molecule has 0 aliphatic carbocycles. The van der Waals surface area contributed by atoms with Gasteiger partial charge >= 0.3 is 0 Å². The highest BCUT2D eigenvalue weighted by Crippen LogP contribution is 2.41. The molecule has 3 aromatic carbocycles. The summed E-state index contributed by atoms with van der Waals surface area (Å²) in [7, 11) is 0. The van der Waals surface area contributed by atoms with E-state index in [1.165, 1.54) is 12.1 Å². The van der Waals surface area contributed by atoms with Crippen molar-refractivity contribution in [3.05, 3.63) is 77.6 Å². The minimum Gasteiger partial charge on any atom is -0.455 e. The number of rotatable bonds is 11. The van der Waals surface area contributed by atoms with E-state index >= 15 is 0 Å². The highest BCUT2D eigenvalue weighted by Gasteiger charge is 2.38. The molecular weight excluding hydrogens is 523 g/mol. The summed E-state index contributed by atoms with van der Waals surface area (Å²) < 4.78 is 25.2. The van der Waals surface area contributed by atoms with Crippen LogP contribution < -0.4 is 10.2 Å². The molecule has 0 bridgehead atoms. The van der Waals surface area contributed by atoms with E-state index in [9.17, 15) is 19.1 Å². The number of ketones is 1. The highest BCUT2D eigenvalue weighted by molar-refractivity contribution is 6.13. The number of halogens is 1. The fraction of sp³-hybridized carbons (Fsp3) is 0.333. The van der Waals surface area contributed by atoms with Gasteiger partial charge in [0.1, 0.15) is 17.2 Å². The summed E-state index contributed by atoms with van der Waals surface area (Å²) in [5.74, 6) is -0.257. The number of benzene rings is 3. The molecule has 0 saturated carbocycles. The van der Waals surface area contributed by atoms with Crippen molar-refractivity contribution < 1.29 is 28.2 Å². The van der Waals surface area contributed by atoms with Crippen LogP contribution in [0.2, 0.25) is 0 Å². The van der Waals surface area contributed by atoms with Gasteiger partial charge in [0.05, 0.1) is 30.8 Å². The van der Waals surface area contributed by atoms with Crippen molar-refractivity contribution in [1.82, 2.24) is 5.32 Å². The zero-order valence-corrected chi connectivity index (χ0v) is 23.6. The summed E-state index contributed by atoms with van der Waals surface area (Å²) in [6.07, 6.45) is 0.284. The lowest BCUT2D eigenvalue weighted by atomic mass is 9.87. The summed E-state index contributed by atoms with van der Waals surface area (Å²) in [5.41, 5.74) is 4.33. The zero-order valence-electron chi connectivity index (χ0n) is 23.6. The Morgan fingerprint density at radius 1 is 1.00 bits per heavy atom. The van der Waals surface area contributed by atoms with Gasteiger partial charge in [-0.3, -0.25) is 9.59 Å². The quantitative estimate of drug-likeness (QED) is 0.217. The van der Waals surface area contributed by atoms with Crippen molar-refractivity contribution in [3.63, 3.8) is 0 Å². The van der Waals surface area contributed by atoms with Crippen molar-refractivity contribution in [1.29, 1.82) is 0 Å². The summed E-state index contributed by atoms with van der Waals surface area (Å²) in [4.78, 5) is 28.6. The van der Waals surface area contributed by atoms with Gasteiger partial charge in [-0.05, 0) is 61.9 Å². The number of Topliss-reactive ketones (excluding diaryl/α,β-unsaturated/α-hetero) is 1. The van der Waals surface area contributed by atoms with Gasteiger partial charge in [0.2, 0.25) is 0 Å². The van der Waals surface area contributed by atoms with E-state index in [1.807, 2.05) is 30.3 Å². The number of aliphatic hydroxyl groups is 1. The van der Waals surface area contributed by atoms with Crippen molar-refractivity contribution in [2.75, 3.05) is 44.4 Å². The fourth-order valence-electron chi connectivity index (χ4n) is 5.29. The zero-order chi connectivity index (χ0) is 29.1. The topological polar surface area (TPSA) is 92.0 Å². The molecule has 7 nitrogen and oxygen atoms in total. The van der Waals surface area contributed by atoms with Crippen LogP contribution in [0.1, 0.15) is 47.9 Å². The van der Waals surface area contributed by atoms with E-state index < -0.39 is 5.41 Å². The fourth-order valence-corrected chi connectivity index (χ4v) is 5.29. The Morgan fingerprint density at radius 2 is 1.73 bits per heavy atom. The van der Waals surface area contributed by atoms with Gasteiger partial charge in [-0.1, -0.05) is 19.1 Å². The minimum atomic E-state index is -0.431. The maximum absolute atomic E-state index is 13.7. The van der Waals surface area contributed by atoms with Crippen LogP contribution in [0, 0.1) is 11.2 Å². The van der Waals surface area contributed by atoms with Crippen LogP contribution in [0.4, 0.5) is 10.1 Å². The molecule has 1 aliphatic rings. The second kappa shape index (κ2) is 11.8. The highest BCUT2D eigenvalue weighted by atomic mass is 19.1. The van der Waals surface area contributed by atoms with E-state index in [1.54, 1.807) is 25.1 Å². The number of hydrogen-bond donors (Lipinski definition) is 2. The summed E-state index contributed by atoms with van der Waals surface area (Å²) in [6, 6.07) is 17.2. The summed E-state index contributed by atoms with van der Waals surface area (Å²) >= 11 is 0. The number of fused-ring (bicyclic) bond motifs is 1. The van der Waals surface area contributed by atoms with E-state index in [0.29, 0.717) is 53.2 Å². The lowest BCUT2D eigenvalue weighted by Crippen LogP contribution is -2.53. The number of aliphatic hydroxyl groups excluding tert-OH is 1. The lowest BCUT2D eigenvalue weighted by molar-refractivity contribution is -0.133. The van der Waals surface area contributed by atoms with Crippen LogP contribution in [0.5, 0.6) is 0 Å². The van der Waals surface area contributed by atoms with E-state index in [2.05, 4.69) is 24.1 Å². The Balaban J connectivity index is 1.62. The number of nitrogens with zero attached hydrogens (tertiary/aromatic N) is 1. The average Bonchev–Trinajstić information content (AvgIpc) is 3.35. The number of ether oxygens (including phenoxy) is 1. The molecule has 41 heavy (non-hydrogen) atoms. The lowest BCUT2D eigenvalue weighted by Gasteiger charge is -2.39. The smallest absolute Gasteiger partial charge is 0.251 e. The van der Waals surface area contributed by atoms with Gasteiger partial charge in [-0.25, -0.2) is 4.39 Å². The van der Waals surface area contributed by atoms with E-state index in [4.69, 9.17) is 9.15 Å². The standard InChI is InChI=1S/C33H35FN2O5/c1-4-28(38)30-26-15-25(22-8-7-9-23(14-22)32(39)35-17-33(18-37)19-40-20-33)27(36(5-2)6-3)16-29(26)41-31(30)21-10-12-24(34)13-11-21/h7-16,37H,4-6,17-20H2,1-3H3,(H,35,39). The van der Waals surface area contributed by atoms with Gasteiger partial charge in [0.15, 0.2) is 5.78 Å². The number of carbonyl (C=O) groups excluding carboxylic acids is 2. The number of amides is 1. The Labute approximate surface area is 238 Å². The predicted octanol–water partition coefficient (Wildman–Crippen LogP) is 6.08. The number of furan rings is 1. The largest absolute Gasteiger partial charge is 0.455 e. The molecule has 1 amide bonds. The first-order valence-electron chi connectivity index (χ1n) is 14.0. The number of nitrogens with one attached hydrogen (secondary N) is 1. The third-order valence-corrected chi connectivity index (χ3v) is 7.83. The SMILES string of the molecule is CCC(=O)c1c(-c2ccc(F)cc2)oc2cc(N(CC)CC)c(-c3cccc(C(=O)NCC4(CO)COC4)c3)cc12. The monoisotopic (exact) mass is 558 g/mol. The molecule has 8 heteroatoms. The predicted molar refractivity (Wildman–Crippen MR) is 158 cm³/mol. The third kappa shape index (κ3) is 5.49. The molecule has 0 radical (unpaired) electrons. The molecule has 2 N–H and O–H groups in total. The second-order valence-corrected chi connectivity index (χ2v) is 10.5. The molecule has 1 saturated heterocycles. The molecule has 1 aliphatic heterocycles. The van der Waals surface area contributed by atoms with Crippen molar-refractivity contribution in [2.24, 2.45) is 5.41 Å². The van der Waals surface area contributed by atoms with Crippen LogP contribution in [0.25, 0.3) is 33.4 Å². The first-order valence-corrected chi connectivity index (χ1v) is 14.0. The number of hydrogen-bond acceptors (Lipinski definition) is 6. The molecule has 0 spiro atoms. The Morgan fingerprint density at radius 3 is 2.34 bits per heavy atom. The molecule has 214 valence electrons. The molecule has 5 rings (SSSR count). The molecule has 1 fully saturated rings. The van der Waals surface area contributed by atoms with Gasteiger partial charge < -0.3 is 24.5 Å². The van der Waals surface area contributed by atoms with Gasteiger partial charge in [-0.2, -0.15) is 0 Å². The van der Waals surface area contributed by atoms with Crippen molar-refractivity contribution >= 4 is 28.3 Å². The Hall–Kier alpha value is -4.01. The Bertz CT molecular complexity index is 1560. The molecule has 0 unspecified atom stereocenters.